The molecule has 2 aliphatic rings. The Morgan fingerprint density at radius 3 is 2.45 bits per heavy atom. The van der Waals surface area contributed by atoms with Gasteiger partial charge in [0.15, 0.2) is 0 Å². The molecule has 0 aliphatic carbocycles. The molecule has 31 heavy (non-hydrogen) atoms. The second kappa shape index (κ2) is 8.71. The SMILES string of the molecule is CCCN1CC(CCN2CCN(c3ccccc3)CC2)c2nc3ccccc3n2C1=O. The van der Waals surface area contributed by atoms with Gasteiger partial charge in [-0.3, -0.25) is 4.90 Å². The fourth-order valence-electron chi connectivity index (χ4n) is 4.97. The maximum atomic E-state index is 13.1. The number of rotatable bonds is 6. The number of aromatic nitrogens is 2. The standard InChI is InChI=1S/C25H31N5O/c1-2-13-29-19-20(24-26-22-10-6-7-11-23(22)30(24)25(29)31)12-14-27-15-17-28(18-16-27)21-8-4-3-5-9-21/h3-11,20H,2,12-19H2,1H3. The lowest BCUT2D eigenvalue weighted by Gasteiger charge is -2.38. The zero-order valence-corrected chi connectivity index (χ0v) is 18.3. The zero-order valence-electron chi connectivity index (χ0n) is 18.3. The summed E-state index contributed by atoms with van der Waals surface area (Å²) in [7, 11) is 0. The number of anilines is 1. The van der Waals surface area contributed by atoms with Crippen LogP contribution in [-0.2, 0) is 0 Å². The Morgan fingerprint density at radius 1 is 0.935 bits per heavy atom. The average Bonchev–Trinajstić information content (AvgIpc) is 3.21. The van der Waals surface area contributed by atoms with Crippen LogP contribution in [0.2, 0.25) is 0 Å². The lowest BCUT2D eigenvalue weighted by molar-refractivity contribution is 0.177. The molecule has 2 aromatic carbocycles. The van der Waals surface area contributed by atoms with Gasteiger partial charge < -0.3 is 9.80 Å². The molecule has 3 heterocycles. The largest absolute Gasteiger partial charge is 0.369 e. The van der Waals surface area contributed by atoms with Crippen LogP contribution in [0.4, 0.5) is 10.5 Å². The fraction of sp³-hybridized carbons (Fsp3) is 0.440. The van der Waals surface area contributed by atoms with Gasteiger partial charge in [-0.2, -0.15) is 0 Å². The summed E-state index contributed by atoms with van der Waals surface area (Å²) in [5.74, 6) is 1.23. The van der Waals surface area contributed by atoms with Gasteiger partial charge in [0.25, 0.3) is 0 Å². The van der Waals surface area contributed by atoms with Crippen molar-refractivity contribution in [2.24, 2.45) is 0 Å². The van der Waals surface area contributed by atoms with E-state index in [4.69, 9.17) is 4.98 Å². The predicted molar refractivity (Wildman–Crippen MR) is 125 cm³/mol. The molecule has 0 N–H and O–H groups in total. The maximum Gasteiger partial charge on any atom is 0.330 e. The van der Waals surface area contributed by atoms with E-state index < -0.39 is 0 Å². The molecule has 1 fully saturated rings. The molecule has 0 radical (unpaired) electrons. The van der Waals surface area contributed by atoms with Crippen molar-refractivity contribution >= 4 is 22.8 Å². The van der Waals surface area contributed by atoms with E-state index >= 15 is 0 Å². The summed E-state index contributed by atoms with van der Waals surface area (Å²) in [5.41, 5.74) is 3.17. The highest BCUT2D eigenvalue weighted by Gasteiger charge is 2.34. The van der Waals surface area contributed by atoms with Crippen LogP contribution >= 0.6 is 0 Å². The highest BCUT2D eigenvalue weighted by molar-refractivity contribution is 5.91. The van der Waals surface area contributed by atoms with Gasteiger partial charge in [0.1, 0.15) is 5.82 Å². The molecular formula is C25H31N5O. The summed E-state index contributed by atoms with van der Waals surface area (Å²) >= 11 is 0. The van der Waals surface area contributed by atoms with Gasteiger partial charge in [0.05, 0.1) is 11.0 Å². The van der Waals surface area contributed by atoms with Crippen LogP contribution in [0.5, 0.6) is 0 Å². The van der Waals surface area contributed by atoms with E-state index in [2.05, 4.69) is 47.1 Å². The molecule has 1 saturated heterocycles. The maximum absolute atomic E-state index is 13.1. The Balaban J connectivity index is 1.28. The summed E-state index contributed by atoms with van der Waals surface area (Å²) in [6.07, 6.45) is 2.00. The van der Waals surface area contributed by atoms with E-state index in [1.807, 2.05) is 33.7 Å². The highest BCUT2D eigenvalue weighted by atomic mass is 16.2. The molecule has 1 aromatic heterocycles. The Morgan fingerprint density at radius 2 is 1.68 bits per heavy atom. The third kappa shape index (κ3) is 3.92. The normalized spacial score (nSPS) is 19.8. The molecular weight excluding hydrogens is 386 g/mol. The molecule has 1 unspecified atom stereocenters. The number of para-hydroxylation sites is 3. The molecule has 3 aromatic rings. The van der Waals surface area contributed by atoms with Gasteiger partial charge in [0.2, 0.25) is 0 Å². The van der Waals surface area contributed by atoms with Crippen LogP contribution in [-0.4, -0.2) is 71.2 Å². The van der Waals surface area contributed by atoms with Crippen molar-refractivity contribution in [3.05, 3.63) is 60.4 Å². The first kappa shape index (κ1) is 20.1. The van der Waals surface area contributed by atoms with Crippen molar-refractivity contribution in [1.29, 1.82) is 0 Å². The smallest absolute Gasteiger partial charge is 0.330 e. The second-order valence-corrected chi connectivity index (χ2v) is 8.67. The van der Waals surface area contributed by atoms with E-state index in [0.29, 0.717) is 0 Å². The number of hydrogen-bond donors (Lipinski definition) is 0. The van der Waals surface area contributed by atoms with E-state index in [0.717, 1.165) is 75.5 Å². The Labute approximate surface area is 184 Å². The van der Waals surface area contributed by atoms with Crippen LogP contribution in [0.1, 0.15) is 31.5 Å². The number of piperazine rings is 1. The predicted octanol–water partition coefficient (Wildman–Crippen LogP) is 4.03. The number of carbonyl (C=O) groups is 1. The molecule has 0 saturated carbocycles. The summed E-state index contributed by atoms with van der Waals surface area (Å²) in [4.78, 5) is 25.1. The van der Waals surface area contributed by atoms with Gasteiger partial charge in [0, 0.05) is 50.9 Å². The third-order valence-corrected chi connectivity index (χ3v) is 6.64. The van der Waals surface area contributed by atoms with Gasteiger partial charge in [-0.15, -0.1) is 0 Å². The highest BCUT2D eigenvalue weighted by Crippen LogP contribution is 2.30. The van der Waals surface area contributed by atoms with Crippen LogP contribution in [0.15, 0.2) is 54.6 Å². The van der Waals surface area contributed by atoms with E-state index in [1.54, 1.807) is 0 Å². The minimum absolute atomic E-state index is 0.0817. The first-order valence-corrected chi connectivity index (χ1v) is 11.5. The van der Waals surface area contributed by atoms with Crippen molar-refractivity contribution in [2.45, 2.75) is 25.7 Å². The Kier molecular flexibility index (Phi) is 5.64. The summed E-state index contributed by atoms with van der Waals surface area (Å²) in [5, 5.41) is 0. The number of amides is 1. The van der Waals surface area contributed by atoms with E-state index in [9.17, 15) is 4.79 Å². The van der Waals surface area contributed by atoms with Gasteiger partial charge in [-0.1, -0.05) is 37.3 Å². The molecule has 0 spiro atoms. The number of imidazole rings is 1. The van der Waals surface area contributed by atoms with Gasteiger partial charge in [-0.05, 0) is 43.7 Å². The first-order chi connectivity index (χ1) is 15.2. The van der Waals surface area contributed by atoms with E-state index in [1.165, 1.54) is 5.69 Å². The third-order valence-electron chi connectivity index (χ3n) is 6.64. The number of benzene rings is 2. The fourth-order valence-corrected chi connectivity index (χ4v) is 4.97. The average molecular weight is 418 g/mol. The van der Waals surface area contributed by atoms with Crippen molar-refractivity contribution in [1.82, 2.24) is 19.4 Å². The lowest BCUT2D eigenvalue weighted by atomic mass is 10.0. The molecule has 6 nitrogen and oxygen atoms in total. The number of nitrogens with zero attached hydrogens (tertiary/aromatic N) is 5. The first-order valence-electron chi connectivity index (χ1n) is 11.5. The number of carbonyl (C=O) groups excluding carboxylic acids is 1. The molecule has 2 aliphatic heterocycles. The monoisotopic (exact) mass is 417 g/mol. The molecule has 6 heteroatoms. The van der Waals surface area contributed by atoms with Crippen molar-refractivity contribution in [3.63, 3.8) is 0 Å². The minimum Gasteiger partial charge on any atom is -0.369 e. The Bertz CT molecular complexity index is 1040. The summed E-state index contributed by atoms with van der Waals surface area (Å²) in [6.45, 7) is 9.05. The molecule has 5 rings (SSSR count). The second-order valence-electron chi connectivity index (χ2n) is 8.67. The summed E-state index contributed by atoms with van der Waals surface area (Å²) < 4.78 is 1.87. The lowest BCUT2D eigenvalue weighted by Crippen LogP contribution is -2.48. The van der Waals surface area contributed by atoms with Gasteiger partial charge in [-0.25, -0.2) is 14.3 Å². The summed E-state index contributed by atoms with van der Waals surface area (Å²) in [6, 6.07) is 18.8. The van der Waals surface area contributed by atoms with Crippen molar-refractivity contribution in [3.8, 4) is 0 Å². The molecule has 0 bridgehead atoms. The van der Waals surface area contributed by atoms with Crippen LogP contribution < -0.4 is 4.90 Å². The zero-order chi connectivity index (χ0) is 21.2. The van der Waals surface area contributed by atoms with Crippen molar-refractivity contribution < 1.29 is 4.79 Å². The Hall–Kier alpha value is -2.86. The van der Waals surface area contributed by atoms with Crippen LogP contribution in [0, 0.1) is 0 Å². The number of fused-ring (bicyclic) bond motifs is 3. The van der Waals surface area contributed by atoms with Crippen LogP contribution in [0.3, 0.4) is 0 Å². The van der Waals surface area contributed by atoms with Gasteiger partial charge >= 0.3 is 6.03 Å². The topological polar surface area (TPSA) is 44.6 Å². The molecule has 162 valence electrons. The molecule has 1 amide bonds. The van der Waals surface area contributed by atoms with Crippen LogP contribution in [0.25, 0.3) is 11.0 Å². The van der Waals surface area contributed by atoms with Crippen molar-refractivity contribution in [2.75, 3.05) is 50.7 Å². The quantitative estimate of drug-likeness (QED) is 0.608. The van der Waals surface area contributed by atoms with E-state index in [-0.39, 0.29) is 11.9 Å². The number of hydrogen-bond acceptors (Lipinski definition) is 4. The minimum atomic E-state index is 0.0817. The molecule has 1 atom stereocenters.